The molecular formula is C17H19FN2O2S. The van der Waals surface area contributed by atoms with Gasteiger partial charge in [0.15, 0.2) is 0 Å². The first-order valence-corrected chi connectivity index (χ1v) is 8.93. The lowest BCUT2D eigenvalue weighted by Gasteiger charge is -2.32. The van der Waals surface area contributed by atoms with Crippen molar-refractivity contribution in [2.75, 3.05) is 16.6 Å². The Bertz CT molecular complexity index is 855. The maximum atomic E-state index is 13.5. The molecule has 0 unspecified atom stereocenters. The van der Waals surface area contributed by atoms with Crippen molar-refractivity contribution in [3.8, 4) is 0 Å². The zero-order valence-electron chi connectivity index (χ0n) is 13.1. The van der Waals surface area contributed by atoms with E-state index in [9.17, 15) is 12.8 Å². The van der Waals surface area contributed by atoms with Crippen LogP contribution in [0.25, 0.3) is 0 Å². The molecule has 1 aliphatic heterocycles. The molecule has 0 saturated heterocycles. The van der Waals surface area contributed by atoms with Crippen LogP contribution < -0.4 is 10.0 Å². The lowest BCUT2D eigenvalue weighted by molar-refractivity contribution is 0.583. The van der Waals surface area contributed by atoms with E-state index in [1.54, 1.807) is 32.0 Å². The number of nitrogens with two attached hydrogens (primary N) is 1. The number of anilines is 2. The van der Waals surface area contributed by atoms with Crippen LogP contribution >= 0.6 is 0 Å². The van der Waals surface area contributed by atoms with E-state index in [1.165, 1.54) is 16.4 Å². The second-order valence-corrected chi connectivity index (χ2v) is 7.69. The number of hydrogen-bond acceptors (Lipinski definition) is 3. The molecule has 0 bridgehead atoms. The number of nitrogen functional groups attached to an aromatic ring is 1. The lowest BCUT2D eigenvalue weighted by Crippen LogP contribution is -2.36. The fourth-order valence-corrected chi connectivity index (χ4v) is 5.23. The predicted molar refractivity (Wildman–Crippen MR) is 89.6 cm³/mol. The summed E-state index contributed by atoms with van der Waals surface area (Å²) in [6, 6.07) is 7.82. The van der Waals surface area contributed by atoms with Gasteiger partial charge in [0.1, 0.15) is 5.82 Å². The highest BCUT2D eigenvalue weighted by Crippen LogP contribution is 2.36. The minimum absolute atomic E-state index is 0.175. The van der Waals surface area contributed by atoms with E-state index in [1.807, 2.05) is 0 Å². The molecule has 3 rings (SSSR count). The Morgan fingerprint density at radius 3 is 2.48 bits per heavy atom. The molecule has 2 aromatic carbocycles. The maximum Gasteiger partial charge on any atom is 0.264 e. The smallest absolute Gasteiger partial charge is 0.264 e. The van der Waals surface area contributed by atoms with E-state index >= 15 is 0 Å². The number of fused-ring (bicyclic) bond motifs is 1. The van der Waals surface area contributed by atoms with Crippen LogP contribution in [0.3, 0.4) is 0 Å². The molecule has 0 atom stereocenters. The van der Waals surface area contributed by atoms with Gasteiger partial charge in [-0.05, 0) is 67.6 Å². The van der Waals surface area contributed by atoms with Crippen molar-refractivity contribution in [1.29, 1.82) is 0 Å². The molecule has 0 spiro atoms. The standard InChI is InChI=1S/C17H19FN2O2S/c1-11-9-13(18)10-12(2)17(11)23(21,22)20-8-4-5-14-15(19)6-3-7-16(14)20/h3,6-7,9-10H,4-5,8,19H2,1-2H3. The van der Waals surface area contributed by atoms with E-state index in [4.69, 9.17) is 5.73 Å². The van der Waals surface area contributed by atoms with Gasteiger partial charge in [0.25, 0.3) is 10.0 Å². The first-order chi connectivity index (χ1) is 10.8. The van der Waals surface area contributed by atoms with Gasteiger partial charge in [0.2, 0.25) is 0 Å². The third-order valence-corrected chi connectivity index (χ3v) is 6.34. The molecule has 0 aliphatic carbocycles. The number of benzene rings is 2. The fraction of sp³-hybridized carbons (Fsp3) is 0.294. The first kappa shape index (κ1) is 15.8. The van der Waals surface area contributed by atoms with Gasteiger partial charge >= 0.3 is 0 Å². The van der Waals surface area contributed by atoms with Gasteiger partial charge in [-0.25, -0.2) is 12.8 Å². The highest BCUT2D eigenvalue weighted by molar-refractivity contribution is 7.93. The largest absolute Gasteiger partial charge is 0.398 e. The molecule has 0 aromatic heterocycles. The van der Waals surface area contributed by atoms with E-state index in [0.717, 1.165) is 12.0 Å². The van der Waals surface area contributed by atoms with Gasteiger partial charge in [0.05, 0.1) is 10.6 Å². The van der Waals surface area contributed by atoms with Crippen molar-refractivity contribution in [3.63, 3.8) is 0 Å². The molecular weight excluding hydrogens is 315 g/mol. The highest BCUT2D eigenvalue weighted by Gasteiger charge is 2.32. The Hall–Kier alpha value is -2.08. The van der Waals surface area contributed by atoms with Crippen LogP contribution in [0.4, 0.5) is 15.8 Å². The summed E-state index contributed by atoms with van der Waals surface area (Å²) in [6.07, 6.45) is 1.47. The van der Waals surface area contributed by atoms with Gasteiger partial charge in [-0.2, -0.15) is 0 Å². The molecule has 2 aromatic rings. The van der Waals surface area contributed by atoms with E-state index in [0.29, 0.717) is 35.5 Å². The van der Waals surface area contributed by atoms with E-state index in [2.05, 4.69) is 0 Å². The number of hydrogen-bond donors (Lipinski definition) is 1. The third kappa shape index (κ3) is 2.57. The molecule has 2 N–H and O–H groups in total. The summed E-state index contributed by atoms with van der Waals surface area (Å²) >= 11 is 0. The van der Waals surface area contributed by atoms with Crippen LogP contribution in [0.1, 0.15) is 23.1 Å². The topological polar surface area (TPSA) is 63.4 Å². The van der Waals surface area contributed by atoms with Crippen molar-refractivity contribution in [1.82, 2.24) is 0 Å². The average molecular weight is 334 g/mol. The summed E-state index contributed by atoms with van der Waals surface area (Å²) in [6.45, 7) is 3.63. The van der Waals surface area contributed by atoms with Crippen molar-refractivity contribution >= 4 is 21.4 Å². The normalized spacial score (nSPS) is 14.7. The molecule has 6 heteroatoms. The minimum Gasteiger partial charge on any atom is -0.398 e. The van der Waals surface area contributed by atoms with Crippen molar-refractivity contribution in [2.24, 2.45) is 0 Å². The Labute approximate surface area is 135 Å². The molecule has 1 aliphatic rings. The summed E-state index contributed by atoms with van der Waals surface area (Å²) in [5, 5.41) is 0. The second-order valence-electron chi connectivity index (χ2n) is 5.89. The van der Waals surface area contributed by atoms with Crippen LogP contribution in [0.15, 0.2) is 35.2 Å². The fourth-order valence-electron chi connectivity index (χ4n) is 3.28. The summed E-state index contributed by atoms with van der Waals surface area (Å²) in [5.74, 6) is -0.428. The minimum atomic E-state index is -3.76. The van der Waals surface area contributed by atoms with Crippen LogP contribution in [0, 0.1) is 19.7 Å². The summed E-state index contributed by atoms with van der Waals surface area (Å²) < 4.78 is 41.3. The van der Waals surface area contributed by atoms with Gasteiger partial charge in [-0.15, -0.1) is 0 Å². The van der Waals surface area contributed by atoms with Gasteiger partial charge in [0, 0.05) is 12.2 Å². The summed E-state index contributed by atoms with van der Waals surface area (Å²) in [7, 11) is -3.76. The second kappa shape index (κ2) is 5.53. The number of sulfonamides is 1. The Kier molecular flexibility index (Phi) is 3.80. The van der Waals surface area contributed by atoms with E-state index < -0.39 is 15.8 Å². The monoisotopic (exact) mass is 334 g/mol. The maximum absolute atomic E-state index is 13.5. The van der Waals surface area contributed by atoms with E-state index in [-0.39, 0.29) is 4.90 Å². The van der Waals surface area contributed by atoms with Crippen LogP contribution in [0.5, 0.6) is 0 Å². The SMILES string of the molecule is Cc1cc(F)cc(C)c1S(=O)(=O)N1CCCc2c(N)cccc21. The van der Waals surface area contributed by atoms with Crippen LogP contribution in [-0.4, -0.2) is 15.0 Å². The van der Waals surface area contributed by atoms with Gasteiger partial charge in [-0.1, -0.05) is 6.07 Å². The molecule has 0 saturated carbocycles. The van der Waals surface area contributed by atoms with Crippen molar-refractivity contribution < 1.29 is 12.8 Å². The van der Waals surface area contributed by atoms with Gasteiger partial charge < -0.3 is 5.73 Å². The molecule has 0 radical (unpaired) electrons. The van der Waals surface area contributed by atoms with Crippen LogP contribution in [0.2, 0.25) is 0 Å². The molecule has 23 heavy (non-hydrogen) atoms. The van der Waals surface area contributed by atoms with Crippen molar-refractivity contribution in [2.45, 2.75) is 31.6 Å². The molecule has 4 nitrogen and oxygen atoms in total. The third-order valence-electron chi connectivity index (χ3n) is 4.22. The lowest BCUT2D eigenvalue weighted by atomic mass is 10.0. The first-order valence-electron chi connectivity index (χ1n) is 7.49. The predicted octanol–water partition coefficient (Wildman–Crippen LogP) is 3.17. The number of aryl methyl sites for hydroxylation is 2. The molecule has 122 valence electrons. The number of halogens is 1. The number of nitrogens with zero attached hydrogens (tertiary/aromatic N) is 1. The number of rotatable bonds is 2. The summed E-state index contributed by atoms with van der Waals surface area (Å²) in [5.41, 5.74) is 8.92. The van der Waals surface area contributed by atoms with Gasteiger partial charge in [-0.3, -0.25) is 4.31 Å². The Morgan fingerprint density at radius 2 is 1.83 bits per heavy atom. The molecule has 0 amide bonds. The highest BCUT2D eigenvalue weighted by atomic mass is 32.2. The van der Waals surface area contributed by atoms with Crippen LogP contribution in [-0.2, 0) is 16.4 Å². The molecule has 0 fully saturated rings. The summed E-state index contributed by atoms with van der Waals surface area (Å²) in [4.78, 5) is 0.175. The quantitative estimate of drug-likeness (QED) is 0.858. The Morgan fingerprint density at radius 1 is 1.17 bits per heavy atom. The average Bonchev–Trinajstić information content (AvgIpc) is 2.45. The van der Waals surface area contributed by atoms with Crippen molar-refractivity contribution in [3.05, 3.63) is 52.8 Å². The molecule has 1 heterocycles. The zero-order valence-corrected chi connectivity index (χ0v) is 14.0. The Balaban J connectivity index is 2.19. The zero-order chi connectivity index (χ0) is 16.8.